The van der Waals surface area contributed by atoms with E-state index in [0.717, 1.165) is 44.9 Å². The molecule has 4 rings (SSSR count). The lowest BCUT2D eigenvalue weighted by Gasteiger charge is -2.48. The molecule has 2 aliphatic heterocycles. The molecule has 0 radical (unpaired) electrons. The third-order valence-corrected chi connectivity index (χ3v) is 9.98. The van der Waals surface area contributed by atoms with Crippen LogP contribution >= 0.6 is 0 Å². The van der Waals surface area contributed by atoms with Crippen molar-refractivity contribution in [2.24, 2.45) is 17.6 Å². The topological polar surface area (TPSA) is 232 Å². The molecule has 4 aliphatic rings. The van der Waals surface area contributed by atoms with E-state index in [-0.39, 0.29) is 24.3 Å². The molecule has 0 aromatic heterocycles. The molecule has 0 aromatic carbocycles. The van der Waals surface area contributed by atoms with E-state index in [1.807, 2.05) is 6.92 Å². The van der Waals surface area contributed by atoms with Gasteiger partial charge in [0.1, 0.15) is 48.8 Å². The lowest BCUT2D eigenvalue weighted by molar-refractivity contribution is -0.336. The zero-order valence-corrected chi connectivity index (χ0v) is 27.1. The Bertz CT molecular complexity index is 973. The van der Waals surface area contributed by atoms with Crippen LogP contribution in [-0.4, -0.2) is 137 Å². The standard InChI is InChI=1S/C31H55N3O12/c1-15-8-7-11-18(27(15)46-31-26(40)25(39)23(37)16(2)42-31)44-30-22(34-21(36)13-32)28(24(38)20(14-35)45-30)43-19(29(41)33-3)12-17-9-5-4-6-10-17/h15-20,22-28,30-31,35,37-40H,4-14,32H2,1-3H3,(H,33,41)(H,34,36)/t15?,16?,18-,19+,20+,22?,23-,24+,25+,26?,27-,28?,30-,31+/m1/s1. The second-order valence-electron chi connectivity index (χ2n) is 13.3. The van der Waals surface area contributed by atoms with Gasteiger partial charge < -0.3 is 65.6 Å². The highest BCUT2D eigenvalue weighted by Gasteiger charge is 2.51. The van der Waals surface area contributed by atoms with E-state index in [9.17, 15) is 35.1 Å². The second-order valence-corrected chi connectivity index (χ2v) is 13.3. The molecule has 2 saturated carbocycles. The fourth-order valence-corrected chi connectivity index (χ4v) is 7.20. The van der Waals surface area contributed by atoms with Crippen molar-refractivity contribution in [1.29, 1.82) is 0 Å². The molecule has 9 N–H and O–H groups in total. The maximum atomic E-state index is 13.0. The van der Waals surface area contributed by atoms with E-state index in [4.69, 9.17) is 29.4 Å². The predicted molar refractivity (Wildman–Crippen MR) is 162 cm³/mol. The van der Waals surface area contributed by atoms with Gasteiger partial charge in [0.15, 0.2) is 12.6 Å². The van der Waals surface area contributed by atoms with Gasteiger partial charge >= 0.3 is 0 Å². The first-order valence-electron chi connectivity index (χ1n) is 16.8. The van der Waals surface area contributed by atoms with Crippen LogP contribution in [0.1, 0.15) is 71.6 Å². The van der Waals surface area contributed by atoms with Crippen molar-refractivity contribution in [3.05, 3.63) is 0 Å². The Kier molecular flexibility index (Phi) is 14.0. The minimum Gasteiger partial charge on any atom is -0.394 e. The molecule has 15 heteroatoms. The first-order valence-corrected chi connectivity index (χ1v) is 16.8. The molecule has 2 heterocycles. The van der Waals surface area contributed by atoms with Gasteiger partial charge in [-0.05, 0) is 38.0 Å². The molecular formula is C31H55N3O12. The van der Waals surface area contributed by atoms with Crippen LogP contribution in [0.2, 0.25) is 0 Å². The van der Waals surface area contributed by atoms with Gasteiger partial charge in [0.05, 0.1) is 31.5 Å². The lowest BCUT2D eigenvalue weighted by atomic mass is 9.85. The van der Waals surface area contributed by atoms with Crippen LogP contribution in [0.4, 0.5) is 0 Å². The predicted octanol–water partition coefficient (Wildman–Crippen LogP) is -1.60. The van der Waals surface area contributed by atoms with E-state index < -0.39 is 92.2 Å². The van der Waals surface area contributed by atoms with Crippen LogP contribution in [-0.2, 0) is 33.3 Å². The average Bonchev–Trinajstić information content (AvgIpc) is 3.06. The van der Waals surface area contributed by atoms with Crippen LogP contribution in [0.5, 0.6) is 0 Å². The van der Waals surface area contributed by atoms with Crippen molar-refractivity contribution in [1.82, 2.24) is 10.6 Å². The number of ether oxygens (including phenoxy) is 5. The summed E-state index contributed by atoms with van der Waals surface area (Å²) in [7, 11) is 1.51. The zero-order chi connectivity index (χ0) is 33.5. The van der Waals surface area contributed by atoms with Crippen molar-refractivity contribution in [3.63, 3.8) is 0 Å². The zero-order valence-electron chi connectivity index (χ0n) is 27.1. The molecule has 2 aliphatic carbocycles. The maximum absolute atomic E-state index is 13.0. The molecule has 2 saturated heterocycles. The molecule has 0 bridgehead atoms. The highest BCUT2D eigenvalue weighted by Crippen LogP contribution is 2.36. The number of aliphatic hydroxyl groups excluding tert-OH is 5. The Balaban J connectivity index is 1.58. The van der Waals surface area contributed by atoms with Crippen molar-refractivity contribution < 1.29 is 58.8 Å². The Morgan fingerprint density at radius 1 is 0.870 bits per heavy atom. The smallest absolute Gasteiger partial charge is 0.248 e. The van der Waals surface area contributed by atoms with Crippen LogP contribution in [0.15, 0.2) is 0 Å². The van der Waals surface area contributed by atoms with Crippen molar-refractivity contribution >= 4 is 11.8 Å². The Labute approximate surface area is 270 Å². The van der Waals surface area contributed by atoms with Gasteiger partial charge in [-0.15, -0.1) is 0 Å². The van der Waals surface area contributed by atoms with Gasteiger partial charge in [-0.1, -0.05) is 45.4 Å². The Hall–Kier alpha value is -1.50. The molecule has 0 spiro atoms. The molecule has 46 heavy (non-hydrogen) atoms. The van der Waals surface area contributed by atoms with Crippen LogP contribution < -0.4 is 16.4 Å². The molecule has 5 unspecified atom stereocenters. The molecule has 0 aromatic rings. The highest BCUT2D eigenvalue weighted by atomic mass is 16.7. The molecule has 266 valence electrons. The Morgan fingerprint density at radius 3 is 2.24 bits per heavy atom. The summed E-state index contributed by atoms with van der Waals surface area (Å²) in [5, 5.41) is 58.0. The van der Waals surface area contributed by atoms with E-state index in [1.165, 1.54) is 7.05 Å². The van der Waals surface area contributed by atoms with E-state index >= 15 is 0 Å². The summed E-state index contributed by atoms with van der Waals surface area (Å²) < 4.78 is 30.8. The van der Waals surface area contributed by atoms with Crippen LogP contribution in [0.3, 0.4) is 0 Å². The number of hydrogen-bond acceptors (Lipinski definition) is 13. The van der Waals surface area contributed by atoms with Crippen molar-refractivity contribution in [3.8, 4) is 0 Å². The fraction of sp³-hybridized carbons (Fsp3) is 0.935. The number of carbonyl (C=O) groups is 2. The van der Waals surface area contributed by atoms with Gasteiger partial charge in [-0.3, -0.25) is 9.59 Å². The summed E-state index contributed by atoms with van der Waals surface area (Å²) in [6, 6.07) is -1.13. The summed E-state index contributed by atoms with van der Waals surface area (Å²) in [6.07, 6.45) is -6.03. The van der Waals surface area contributed by atoms with Gasteiger partial charge in [0, 0.05) is 7.05 Å². The van der Waals surface area contributed by atoms with E-state index in [0.29, 0.717) is 12.8 Å². The summed E-state index contributed by atoms with van der Waals surface area (Å²) in [6.45, 7) is 2.56. The molecule has 2 amide bonds. The maximum Gasteiger partial charge on any atom is 0.248 e. The molecule has 15 nitrogen and oxygen atoms in total. The van der Waals surface area contributed by atoms with Crippen LogP contribution in [0.25, 0.3) is 0 Å². The molecule has 4 fully saturated rings. The largest absolute Gasteiger partial charge is 0.394 e. The summed E-state index contributed by atoms with van der Waals surface area (Å²) in [5.74, 6) is -0.770. The van der Waals surface area contributed by atoms with E-state index in [1.54, 1.807) is 6.92 Å². The Morgan fingerprint density at radius 2 is 1.59 bits per heavy atom. The fourth-order valence-electron chi connectivity index (χ4n) is 7.20. The van der Waals surface area contributed by atoms with E-state index in [2.05, 4.69) is 10.6 Å². The minimum absolute atomic E-state index is 0.0890. The van der Waals surface area contributed by atoms with Gasteiger partial charge in [-0.2, -0.15) is 0 Å². The number of nitrogens with one attached hydrogen (secondary N) is 2. The summed E-state index contributed by atoms with van der Waals surface area (Å²) in [4.78, 5) is 25.7. The van der Waals surface area contributed by atoms with Crippen molar-refractivity contribution in [2.75, 3.05) is 20.2 Å². The second kappa shape index (κ2) is 17.2. The third kappa shape index (κ3) is 8.94. The van der Waals surface area contributed by atoms with Gasteiger partial charge in [-0.25, -0.2) is 0 Å². The van der Waals surface area contributed by atoms with Crippen LogP contribution in [0, 0.1) is 11.8 Å². The molecule has 14 atom stereocenters. The summed E-state index contributed by atoms with van der Waals surface area (Å²) >= 11 is 0. The third-order valence-electron chi connectivity index (χ3n) is 9.98. The first kappa shape index (κ1) is 37.3. The number of amides is 2. The number of likely N-dealkylation sites (N-methyl/N-ethyl adjacent to an activating group) is 1. The number of rotatable bonds is 12. The SMILES string of the molecule is CNC(=O)[C@H](CC1CCCCC1)OC1C(NC(=O)CN)[C@H](O[C@@H]2CCCC(C)[C@H]2O[C@@H]2OC(C)[C@@H](O)[C@H](O)C2O)O[C@@H](CO)[C@@H]1O. The number of carbonyl (C=O) groups excluding carboxylic acids is 2. The van der Waals surface area contributed by atoms with Gasteiger partial charge in [0.25, 0.3) is 0 Å². The quantitative estimate of drug-likeness (QED) is 0.118. The number of hydrogen-bond donors (Lipinski definition) is 8. The lowest BCUT2D eigenvalue weighted by Crippen LogP contribution is -2.67. The minimum atomic E-state index is -1.51. The molecular weight excluding hydrogens is 606 g/mol. The normalized spacial score (nSPS) is 41.5. The number of aliphatic hydroxyl groups is 5. The summed E-state index contributed by atoms with van der Waals surface area (Å²) in [5.41, 5.74) is 5.64. The van der Waals surface area contributed by atoms with Crippen molar-refractivity contribution in [2.45, 2.75) is 151 Å². The monoisotopic (exact) mass is 661 g/mol. The first-order chi connectivity index (χ1) is 22.0. The number of nitrogens with two attached hydrogens (primary N) is 1. The average molecular weight is 662 g/mol. The highest BCUT2D eigenvalue weighted by molar-refractivity contribution is 5.80. The van der Waals surface area contributed by atoms with Gasteiger partial charge in [0.2, 0.25) is 11.8 Å².